The normalized spacial score (nSPS) is 13.9. The van der Waals surface area contributed by atoms with E-state index in [1.54, 1.807) is 14.0 Å². The van der Waals surface area contributed by atoms with Crippen molar-refractivity contribution in [2.75, 3.05) is 20.3 Å². The summed E-state index contributed by atoms with van der Waals surface area (Å²) in [6.45, 7) is 4.42. The molecule has 0 amide bonds. The van der Waals surface area contributed by atoms with Gasteiger partial charge in [-0.1, -0.05) is 6.07 Å². The second kappa shape index (κ2) is 6.19. The molecule has 0 radical (unpaired) electrons. The van der Waals surface area contributed by atoms with Crippen LogP contribution in [0.1, 0.15) is 17.1 Å². The Morgan fingerprint density at radius 3 is 2.95 bits per heavy atom. The third kappa shape index (κ3) is 3.12. The molecule has 1 aliphatic rings. The molecule has 116 valence electrons. The third-order valence-corrected chi connectivity index (χ3v) is 3.69. The SMILES string of the molecule is COc1cccc(OCCN2Cc3nc(C)[nH]c(=O)c3C2)c1. The highest BCUT2D eigenvalue weighted by molar-refractivity contribution is 5.32. The van der Waals surface area contributed by atoms with Crippen LogP contribution in [0.5, 0.6) is 11.5 Å². The smallest absolute Gasteiger partial charge is 0.255 e. The molecule has 0 aliphatic carbocycles. The minimum Gasteiger partial charge on any atom is -0.497 e. The van der Waals surface area contributed by atoms with E-state index in [2.05, 4.69) is 14.9 Å². The van der Waals surface area contributed by atoms with Crippen molar-refractivity contribution in [1.29, 1.82) is 0 Å². The average molecular weight is 301 g/mol. The van der Waals surface area contributed by atoms with E-state index in [-0.39, 0.29) is 5.56 Å². The number of aryl methyl sites for hydroxylation is 1. The van der Waals surface area contributed by atoms with Crippen molar-refractivity contribution >= 4 is 0 Å². The van der Waals surface area contributed by atoms with E-state index < -0.39 is 0 Å². The fraction of sp³-hybridized carbons (Fsp3) is 0.375. The summed E-state index contributed by atoms with van der Waals surface area (Å²) >= 11 is 0. The van der Waals surface area contributed by atoms with E-state index in [1.165, 1.54) is 0 Å². The van der Waals surface area contributed by atoms with Crippen LogP contribution in [0.3, 0.4) is 0 Å². The molecule has 0 saturated heterocycles. The van der Waals surface area contributed by atoms with E-state index in [4.69, 9.17) is 9.47 Å². The summed E-state index contributed by atoms with van der Waals surface area (Å²) in [6, 6.07) is 7.53. The first kappa shape index (κ1) is 14.6. The summed E-state index contributed by atoms with van der Waals surface area (Å²) in [5.41, 5.74) is 1.62. The molecule has 6 heteroatoms. The number of fused-ring (bicyclic) bond motifs is 1. The molecule has 22 heavy (non-hydrogen) atoms. The lowest BCUT2D eigenvalue weighted by Gasteiger charge is -2.15. The maximum atomic E-state index is 11.9. The van der Waals surface area contributed by atoms with Gasteiger partial charge in [-0.15, -0.1) is 0 Å². The van der Waals surface area contributed by atoms with Crippen LogP contribution in [0.2, 0.25) is 0 Å². The number of nitrogens with zero attached hydrogens (tertiary/aromatic N) is 2. The second-order valence-electron chi connectivity index (χ2n) is 5.31. The summed E-state index contributed by atoms with van der Waals surface area (Å²) < 4.78 is 10.9. The van der Waals surface area contributed by atoms with Crippen LogP contribution in [0.4, 0.5) is 0 Å². The molecule has 6 nitrogen and oxygen atoms in total. The zero-order valence-electron chi connectivity index (χ0n) is 12.8. The molecule has 0 bridgehead atoms. The highest BCUT2D eigenvalue weighted by Crippen LogP contribution is 2.20. The lowest BCUT2D eigenvalue weighted by Crippen LogP contribution is -2.23. The molecule has 2 aromatic rings. The Bertz CT molecular complexity index is 727. The van der Waals surface area contributed by atoms with Crippen LogP contribution in [0.15, 0.2) is 29.1 Å². The Morgan fingerprint density at radius 2 is 2.14 bits per heavy atom. The van der Waals surface area contributed by atoms with Gasteiger partial charge in [0.1, 0.15) is 23.9 Å². The van der Waals surface area contributed by atoms with Crippen molar-refractivity contribution < 1.29 is 9.47 Å². The molecule has 0 fully saturated rings. The maximum Gasteiger partial charge on any atom is 0.255 e. The van der Waals surface area contributed by atoms with E-state index >= 15 is 0 Å². The monoisotopic (exact) mass is 301 g/mol. The minimum atomic E-state index is -0.0290. The van der Waals surface area contributed by atoms with Gasteiger partial charge in [0, 0.05) is 25.7 Å². The van der Waals surface area contributed by atoms with Gasteiger partial charge in [0.15, 0.2) is 0 Å². The minimum absolute atomic E-state index is 0.0290. The van der Waals surface area contributed by atoms with Crippen LogP contribution >= 0.6 is 0 Å². The van der Waals surface area contributed by atoms with E-state index in [1.807, 2.05) is 24.3 Å². The molecule has 0 spiro atoms. The van der Waals surface area contributed by atoms with Crippen LogP contribution in [-0.4, -0.2) is 35.1 Å². The van der Waals surface area contributed by atoms with Gasteiger partial charge in [-0.25, -0.2) is 4.98 Å². The lowest BCUT2D eigenvalue weighted by molar-refractivity contribution is 0.210. The standard InChI is InChI=1S/C16H19N3O3/c1-11-17-15-10-19(9-14(15)16(20)18-11)6-7-22-13-5-3-4-12(8-13)21-2/h3-5,8H,6-7,9-10H2,1-2H3,(H,17,18,20). The van der Waals surface area contributed by atoms with Crippen molar-refractivity contribution in [3.63, 3.8) is 0 Å². The van der Waals surface area contributed by atoms with Gasteiger partial charge in [0.05, 0.1) is 18.4 Å². The van der Waals surface area contributed by atoms with Gasteiger partial charge in [-0.05, 0) is 19.1 Å². The van der Waals surface area contributed by atoms with Crippen molar-refractivity contribution in [3.05, 3.63) is 51.7 Å². The number of hydrogen-bond acceptors (Lipinski definition) is 5. The Morgan fingerprint density at radius 1 is 1.32 bits per heavy atom. The van der Waals surface area contributed by atoms with Crippen LogP contribution in [-0.2, 0) is 13.1 Å². The van der Waals surface area contributed by atoms with Gasteiger partial charge >= 0.3 is 0 Å². The molecule has 3 rings (SSSR count). The summed E-state index contributed by atoms with van der Waals surface area (Å²) in [4.78, 5) is 21.2. The number of benzene rings is 1. The van der Waals surface area contributed by atoms with E-state index in [0.29, 0.717) is 25.5 Å². The van der Waals surface area contributed by atoms with E-state index in [9.17, 15) is 4.79 Å². The topological polar surface area (TPSA) is 67.5 Å². The Hall–Kier alpha value is -2.34. The van der Waals surface area contributed by atoms with Gasteiger partial charge in [-0.3, -0.25) is 9.69 Å². The van der Waals surface area contributed by atoms with Gasteiger partial charge in [-0.2, -0.15) is 0 Å². The second-order valence-corrected chi connectivity index (χ2v) is 5.31. The predicted molar refractivity (Wildman–Crippen MR) is 82.2 cm³/mol. The zero-order valence-corrected chi connectivity index (χ0v) is 12.8. The van der Waals surface area contributed by atoms with Gasteiger partial charge < -0.3 is 14.5 Å². The Balaban J connectivity index is 1.55. The number of rotatable bonds is 5. The molecular formula is C16H19N3O3. The summed E-state index contributed by atoms with van der Waals surface area (Å²) in [7, 11) is 1.63. The average Bonchev–Trinajstić information content (AvgIpc) is 2.90. The first-order valence-corrected chi connectivity index (χ1v) is 7.23. The highest BCUT2D eigenvalue weighted by Gasteiger charge is 2.23. The first-order valence-electron chi connectivity index (χ1n) is 7.23. The molecular weight excluding hydrogens is 282 g/mol. The summed E-state index contributed by atoms with van der Waals surface area (Å²) in [6.07, 6.45) is 0. The fourth-order valence-electron chi connectivity index (χ4n) is 2.60. The van der Waals surface area contributed by atoms with Crippen LogP contribution < -0.4 is 15.0 Å². The lowest BCUT2D eigenvalue weighted by atomic mass is 10.3. The van der Waals surface area contributed by atoms with Gasteiger partial charge in [0.25, 0.3) is 5.56 Å². The summed E-state index contributed by atoms with van der Waals surface area (Å²) in [5.74, 6) is 2.22. The summed E-state index contributed by atoms with van der Waals surface area (Å²) in [5, 5.41) is 0. The molecule has 2 heterocycles. The largest absolute Gasteiger partial charge is 0.497 e. The third-order valence-electron chi connectivity index (χ3n) is 3.69. The molecule has 1 aromatic heterocycles. The number of aromatic nitrogens is 2. The molecule has 0 atom stereocenters. The van der Waals surface area contributed by atoms with Crippen LogP contribution in [0.25, 0.3) is 0 Å². The first-order chi connectivity index (χ1) is 10.7. The maximum absolute atomic E-state index is 11.9. The number of methoxy groups -OCH3 is 1. The molecule has 0 unspecified atom stereocenters. The zero-order chi connectivity index (χ0) is 15.5. The van der Waals surface area contributed by atoms with E-state index in [0.717, 1.165) is 29.3 Å². The Kier molecular flexibility index (Phi) is 4.11. The van der Waals surface area contributed by atoms with Crippen LogP contribution in [0, 0.1) is 6.92 Å². The fourth-order valence-corrected chi connectivity index (χ4v) is 2.60. The van der Waals surface area contributed by atoms with Crippen molar-refractivity contribution in [3.8, 4) is 11.5 Å². The number of nitrogens with one attached hydrogen (secondary N) is 1. The number of aromatic amines is 1. The van der Waals surface area contributed by atoms with Crippen molar-refractivity contribution in [2.45, 2.75) is 20.0 Å². The number of H-pyrrole nitrogens is 1. The Labute approximate surface area is 128 Å². The number of ether oxygens (including phenoxy) is 2. The molecule has 1 aliphatic heterocycles. The molecule has 1 N–H and O–H groups in total. The number of hydrogen-bond donors (Lipinski definition) is 1. The van der Waals surface area contributed by atoms with Gasteiger partial charge in [0.2, 0.25) is 0 Å². The van der Waals surface area contributed by atoms with Crippen molar-refractivity contribution in [1.82, 2.24) is 14.9 Å². The predicted octanol–water partition coefficient (Wildman–Crippen LogP) is 1.48. The van der Waals surface area contributed by atoms with Crippen molar-refractivity contribution in [2.24, 2.45) is 0 Å². The highest BCUT2D eigenvalue weighted by atomic mass is 16.5. The molecule has 1 aromatic carbocycles. The quantitative estimate of drug-likeness (QED) is 0.906. The molecule has 0 saturated carbocycles.